The molecular formula is C14H18N2. The molecule has 0 bridgehead atoms. The van der Waals surface area contributed by atoms with Crippen molar-refractivity contribution in [2.75, 3.05) is 24.5 Å². The third-order valence-corrected chi connectivity index (χ3v) is 2.82. The maximum atomic E-state index is 5.41. The molecule has 1 heterocycles. The Balaban J connectivity index is 2.10. The Kier molecular flexibility index (Phi) is 3.85. The second-order valence-electron chi connectivity index (χ2n) is 4.08. The van der Waals surface area contributed by atoms with Crippen LogP contribution in [0.4, 0.5) is 5.69 Å². The zero-order chi connectivity index (χ0) is 11.2. The Morgan fingerprint density at radius 2 is 2.06 bits per heavy atom. The fraction of sp³-hybridized carbons (Fsp3) is 0.429. The van der Waals surface area contributed by atoms with Crippen LogP contribution < -0.4 is 10.6 Å². The quantitative estimate of drug-likeness (QED) is 0.763. The van der Waals surface area contributed by atoms with E-state index in [0.717, 1.165) is 12.0 Å². The number of anilines is 1. The minimum atomic E-state index is 0.638. The predicted molar refractivity (Wildman–Crippen MR) is 68.4 cm³/mol. The maximum Gasteiger partial charge on any atom is 0.0378 e. The van der Waals surface area contributed by atoms with Crippen molar-refractivity contribution in [2.24, 2.45) is 5.73 Å². The number of hydrogen-bond donors (Lipinski definition) is 1. The summed E-state index contributed by atoms with van der Waals surface area (Å²) in [6, 6.07) is 8.48. The summed E-state index contributed by atoms with van der Waals surface area (Å²) in [5, 5.41) is 0. The van der Waals surface area contributed by atoms with Gasteiger partial charge >= 0.3 is 0 Å². The lowest BCUT2D eigenvalue weighted by molar-refractivity contribution is 0.949. The number of nitrogens with zero attached hydrogens (tertiary/aromatic N) is 1. The lowest BCUT2D eigenvalue weighted by Crippen LogP contribution is -2.17. The lowest BCUT2D eigenvalue weighted by atomic mass is 10.2. The van der Waals surface area contributed by atoms with Crippen LogP contribution in [0.2, 0.25) is 0 Å². The summed E-state index contributed by atoms with van der Waals surface area (Å²) in [7, 11) is 0. The number of rotatable bonds is 2. The van der Waals surface area contributed by atoms with Gasteiger partial charge in [0.15, 0.2) is 0 Å². The molecule has 2 heteroatoms. The molecule has 0 aromatic heterocycles. The van der Waals surface area contributed by atoms with Crippen LogP contribution in [0.3, 0.4) is 0 Å². The van der Waals surface area contributed by atoms with Crippen molar-refractivity contribution in [1.29, 1.82) is 0 Å². The molecule has 1 aliphatic rings. The van der Waals surface area contributed by atoms with E-state index in [9.17, 15) is 0 Å². The van der Waals surface area contributed by atoms with E-state index in [-0.39, 0.29) is 0 Å². The Morgan fingerprint density at radius 1 is 1.25 bits per heavy atom. The highest BCUT2D eigenvalue weighted by atomic mass is 15.1. The molecule has 0 amide bonds. The van der Waals surface area contributed by atoms with Crippen LogP contribution in [0, 0.1) is 11.8 Å². The fourth-order valence-electron chi connectivity index (χ4n) is 1.99. The van der Waals surface area contributed by atoms with Gasteiger partial charge in [-0.2, -0.15) is 0 Å². The summed E-state index contributed by atoms with van der Waals surface area (Å²) in [6.07, 6.45) is 3.39. The molecule has 0 saturated carbocycles. The standard InChI is InChI=1S/C14H18N2/c15-9-2-1-6-13-7-5-8-14(12-13)16-10-3-4-11-16/h5,7-8,12H,2-4,9-11,15H2. The van der Waals surface area contributed by atoms with Gasteiger partial charge in [0.05, 0.1) is 0 Å². The molecule has 2 N–H and O–H groups in total. The zero-order valence-electron chi connectivity index (χ0n) is 9.58. The highest BCUT2D eigenvalue weighted by Crippen LogP contribution is 2.20. The van der Waals surface area contributed by atoms with Gasteiger partial charge in [0.1, 0.15) is 0 Å². The van der Waals surface area contributed by atoms with E-state index in [1.54, 1.807) is 0 Å². The molecule has 1 fully saturated rings. The molecule has 2 nitrogen and oxygen atoms in total. The molecular weight excluding hydrogens is 196 g/mol. The normalized spacial score (nSPS) is 14.7. The molecule has 2 rings (SSSR count). The summed E-state index contributed by atoms with van der Waals surface area (Å²) < 4.78 is 0. The van der Waals surface area contributed by atoms with Crippen LogP contribution in [-0.4, -0.2) is 19.6 Å². The van der Waals surface area contributed by atoms with Gasteiger partial charge in [-0.15, -0.1) is 0 Å². The van der Waals surface area contributed by atoms with Crippen molar-refractivity contribution in [3.63, 3.8) is 0 Å². The molecule has 0 unspecified atom stereocenters. The first-order valence-corrected chi connectivity index (χ1v) is 5.94. The maximum absolute atomic E-state index is 5.41. The molecule has 0 aliphatic carbocycles. The molecule has 1 aromatic carbocycles. The average molecular weight is 214 g/mol. The second-order valence-corrected chi connectivity index (χ2v) is 4.08. The van der Waals surface area contributed by atoms with Gasteiger partial charge < -0.3 is 10.6 Å². The smallest absolute Gasteiger partial charge is 0.0378 e. The van der Waals surface area contributed by atoms with E-state index in [4.69, 9.17) is 5.73 Å². The fourth-order valence-corrected chi connectivity index (χ4v) is 1.99. The zero-order valence-corrected chi connectivity index (χ0v) is 9.58. The van der Waals surface area contributed by atoms with E-state index in [1.165, 1.54) is 31.6 Å². The molecule has 84 valence electrons. The summed E-state index contributed by atoms with van der Waals surface area (Å²) in [5.41, 5.74) is 7.81. The first-order chi connectivity index (χ1) is 7.90. The van der Waals surface area contributed by atoms with Crippen molar-refractivity contribution < 1.29 is 0 Å². The van der Waals surface area contributed by atoms with Crippen molar-refractivity contribution in [3.05, 3.63) is 29.8 Å². The van der Waals surface area contributed by atoms with Gasteiger partial charge in [0, 0.05) is 37.3 Å². The molecule has 1 aromatic rings. The van der Waals surface area contributed by atoms with E-state index >= 15 is 0 Å². The Hall–Kier alpha value is -1.46. The minimum absolute atomic E-state index is 0.638. The summed E-state index contributed by atoms with van der Waals surface area (Å²) in [5.74, 6) is 6.23. The van der Waals surface area contributed by atoms with Gasteiger partial charge in [-0.1, -0.05) is 17.9 Å². The SMILES string of the molecule is NCCC#Cc1cccc(N2CCCC2)c1. The van der Waals surface area contributed by atoms with Crippen molar-refractivity contribution in [3.8, 4) is 11.8 Å². The van der Waals surface area contributed by atoms with Crippen LogP contribution in [0.15, 0.2) is 24.3 Å². The van der Waals surface area contributed by atoms with Crippen LogP contribution >= 0.6 is 0 Å². The number of nitrogens with two attached hydrogens (primary N) is 1. The summed E-state index contributed by atoms with van der Waals surface area (Å²) in [6.45, 7) is 3.00. The van der Waals surface area contributed by atoms with Gasteiger partial charge in [-0.3, -0.25) is 0 Å². The second kappa shape index (κ2) is 5.58. The predicted octanol–water partition coefficient (Wildman–Crippen LogP) is 1.99. The monoisotopic (exact) mass is 214 g/mol. The largest absolute Gasteiger partial charge is 0.371 e. The third kappa shape index (κ3) is 2.77. The van der Waals surface area contributed by atoms with Crippen LogP contribution in [0.5, 0.6) is 0 Å². The van der Waals surface area contributed by atoms with Gasteiger partial charge in [-0.05, 0) is 31.0 Å². The minimum Gasteiger partial charge on any atom is -0.371 e. The summed E-state index contributed by atoms with van der Waals surface area (Å²) >= 11 is 0. The topological polar surface area (TPSA) is 29.3 Å². The van der Waals surface area contributed by atoms with Gasteiger partial charge in [0.25, 0.3) is 0 Å². The summed E-state index contributed by atoms with van der Waals surface area (Å²) in [4.78, 5) is 2.42. The highest BCUT2D eigenvalue weighted by molar-refractivity contribution is 5.53. The first kappa shape index (κ1) is 11.0. The average Bonchev–Trinajstić information content (AvgIpc) is 2.83. The molecule has 1 aliphatic heterocycles. The highest BCUT2D eigenvalue weighted by Gasteiger charge is 2.11. The van der Waals surface area contributed by atoms with Gasteiger partial charge in [0.2, 0.25) is 0 Å². The lowest BCUT2D eigenvalue weighted by Gasteiger charge is -2.17. The van der Waals surface area contributed by atoms with E-state index < -0.39 is 0 Å². The Labute approximate surface area is 97.4 Å². The first-order valence-electron chi connectivity index (χ1n) is 5.94. The third-order valence-electron chi connectivity index (χ3n) is 2.82. The number of benzene rings is 1. The van der Waals surface area contributed by atoms with Crippen molar-refractivity contribution >= 4 is 5.69 Å². The van der Waals surface area contributed by atoms with E-state index in [0.29, 0.717) is 6.54 Å². The molecule has 0 atom stereocenters. The molecule has 1 saturated heterocycles. The van der Waals surface area contributed by atoms with Crippen molar-refractivity contribution in [1.82, 2.24) is 0 Å². The Morgan fingerprint density at radius 3 is 2.81 bits per heavy atom. The van der Waals surface area contributed by atoms with Gasteiger partial charge in [-0.25, -0.2) is 0 Å². The van der Waals surface area contributed by atoms with E-state index in [2.05, 4.69) is 41.0 Å². The molecule has 0 spiro atoms. The molecule has 0 radical (unpaired) electrons. The molecule has 16 heavy (non-hydrogen) atoms. The number of hydrogen-bond acceptors (Lipinski definition) is 2. The van der Waals surface area contributed by atoms with Crippen LogP contribution in [0.1, 0.15) is 24.8 Å². The van der Waals surface area contributed by atoms with E-state index in [1.807, 2.05) is 0 Å². The van der Waals surface area contributed by atoms with Crippen LogP contribution in [0.25, 0.3) is 0 Å². The van der Waals surface area contributed by atoms with Crippen molar-refractivity contribution in [2.45, 2.75) is 19.3 Å². The van der Waals surface area contributed by atoms with Crippen LogP contribution in [-0.2, 0) is 0 Å². The Bertz CT molecular complexity index is 395.